The lowest BCUT2D eigenvalue weighted by Gasteiger charge is -2.14. The van der Waals surface area contributed by atoms with Crippen molar-refractivity contribution in [3.8, 4) is 5.75 Å². The van der Waals surface area contributed by atoms with Crippen LogP contribution in [-0.4, -0.2) is 26.4 Å². The summed E-state index contributed by atoms with van der Waals surface area (Å²) < 4.78 is 7.83. The maximum Gasteiger partial charge on any atom is 0.230 e. The summed E-state index contributed by atoms with van der Waals surface area (Å²) in [7, 11) is 1.89. The molecule has 0 spiro atoms. The predicted molar refractivity (Wildman–Crippen MR) is 115 cm³/mol. The Morgan fingerprint density at radius 1 is 1.10 bits per heavy atom. The van der Waals surface area contributed by atoms with Crippen LogP contribution < -0.4 is 10.1 Å². The average Bonchev–Trinajstić information content (AvgIpc) is 3.06. The van der Waals surface area contributed by atoms with Crippen LogP contribution in [0.3, 0.4) is 0 Å². The minimum Gasteiger partial charge on any atom is -0.485 e. The molecular weight excluding hydrogens is 384 g/mol. The van der Waals surface area contributed by atoms with Gasteiger partial charge in [0, 0.05) is 7.05 Å². The first-order valence-corrected chi connectivity index (χ1v) is 10.5. The smallest absolute Gasteiger partial charge is 0.230 e. The first-order valence-electron chi connectivity index (χ1n) is 9.50. The van der Waals surface area contributed by atoms with Crippen molar-refractivity contribution in [3.63, 3.8) is 0 Å². The molecule has 7 heteroatoms. The van der Waals surface area contributed by atoms with E-state index in [1.807, 2.05) is 80.9 Å². The van der Waals surface area contributed by atoms with Crippen LogP contribution in [0.5, 0.6) is 5.75 Å². The Morgan fingerprint density at radius 2 is 1.79 bits per heavy atom. The fourth-order valence-electron chi connectivity index (χ4n) is 3.00. The zero-order valence-electron chi connectivity index (χ0n) is 17.2. The number of nitrogens with zero attached hydrogens (tertiary/aromatic N) is 3. The Kier molecular flexibility index (Phi) is 6.93. The third kappa shape index (κ3) is 5.38. The molecule has 1 heterocycles. The summed E-state index contributed by atoms with van der Waals surface area (Å²) in [6, 6.07) is 15.9. The summed E-state index contributed by atoms with van der Waals surface area (Å²) in [6.07, 6.45) is 0. The lowest BCUT2D eigenvalue weighted by molar-refractivity contribution is -0.119. The second kappa shape index (κ2) is 9.60. The zero-order valence-corrected chi connectivity index (χ0v) is 18.0. The quantitative estimate of drug-likeness (QED) is 0.569. The number of para-hydroxylation sites is 1. The average molecular weight is 411 g/mol. The number of carbonyl (C=O) groups is 1. The van der Waals surface area contributed by atoms with Gasteiger partial charge in [-0.15, -0.1) is 10.2 Å². The Morgan fingerprint density at radius 3 is 2.48 bits per heavy atom. The summed E-state index contributed by atoms with van der Waals surface area (Å²) in [5.74, 6) is 1.83. The van der Waals surface area contributed by atoms with Crippen LogP contribution in [0.15, 0.2) is 53.7 Å². The van der Waals surface area contributed by atoms with Crippen molar-refractivity contribution in [1.82, 2.24) is 20.1 Å². The molecule has 0 fully saturated rings. The number of benzene rings is 2. The summed E-state index contributed by atoms with van der Waals surface area (Å²) in [6.45, 7) is 6.35. The van der Waals surface area contributed by atoms with Crippen molar-refractivity contribution >= 4 is 17.7 Å². The van der Waals surface area contributed by atoms with Crippen molar-refractivity contribution in [3.05, 3.63) is 71.0 Å². The molecule has 0 aliphatic rings. The van der Waals surface area contributed by atoms with Gasteiger partial charge in [0.25, 0.3) is 0 Å². The molecule has 3 rings (SSSR count). The number of hydrogen-bond donors (Lipinski definition) is 1. The van der Waals surface area contributed by atoms with E-state index < -0.39 is 0 Å². The molecule has 152 valence electrons. The molecule has 0 aliphatic heterocycles. The van der Waals surface area contributed by atoms with Crippen molar-refractivity contribution < 1.29 is 9.53 Å². The van der Waals surface area contributed by atoms with Gasteiger partial charge in [-0.1, -0.05) is 60.3 Å². The molecule has 0 radical (unpaired) electrons. The molecule has 3 aromatic rings. The second-order valence-corrected chi connectivity index (χ2v) is 7.90. The Labute approximate surface area is 175 Å². The number of aromatic nitrogens is 3. The Bertz CT molecular complexity index is 952. The summed E-state index contributed by atoms with van der Waals surface area (Å²) in [4.78, 5) is 12.3. The maximum absolute atomic E-state index is 12.3. The molecule has 0 saturated heterocycles. The van der Waals surface area contributed by atoms with Crippen LogP contribution in [0.1, 0.15) is 35.5 Å². The van der Waals surface area contributed by atoms with Crippen LogP contribution in [0.25, 0.3) is 0 Å². The first-order chi connectivity index (χ1) is 14.0. The van der Waals surface area contributed by atoms with Gasteiger partial charge < -0.3 is 14.6 Å². The molecule has 29 heavy (non-hydrogen) atoms. The number of amides is 1. The molecular formula is C22H26N4O2S. The van der Waals surface area contributed by atoms with Crippen LogP contribution in [0, 0.1) is 13.8 Å². The van der Waals surface area contributed by atoms with Gasteiger partial charge in [0.1, 0.15) is 12.4 Å². The number of nitrogens with one attached hydrogen (secondary N) is 1. The van der Waals surface area contributed by atoms with Gasteiger partial charge in [-0.2, -0.15) is 0 Å². The van der Waals surface area contributed by atoms with E-state index in [1.54, 1.807) is 0 Å². The number of aryl methyl sites for hydroxylation is 2. The van der Waals surface area contributed by atoms with Gasteiger partial charge in [-0.25, -0.2) is 0 Å². The highest BCUT2D eigenvalue weighted by Gasteiger charge is 2.14. The zero-order chi connectivity index (χ0) is 20.8. The van der Waals surface area contributed by atoms with Crippen molar-refractivity contribution in [1.29, 1.82) is 0 Å². The van der Waals surface area contributed by atoms with E-state index in [1.165, 1.54) is 11.8 Å². The van der Waals surface area contributed by atoms with E-state index in [0.717, 1.165) is 22.4 Å². The van der Waals surface area contributed by atoms with Crippen LogP contribution in [-0.2, 0) is 18.4 Å². The topological polar surface area (TPSA) is 69.0 Å². The standard InChI is InChI=1S/C22H26N4O2S/c1-15-9-8-10-16(2)21(15)28-13-19-24-25-22(26(19)4)29-14-20(27)23-17(3)18-11-6-5-7-12-18/h5-12,17H,13-14H2,1-4H3,(H,23,27)/t17-/m1/s1. The molecule has 1 amide bonds. The van der Waals surface area contributed by atoms with Crippen molar-refractivity contribution in [2.24, 2.45) is 7.05 Å². The van der Waals surface area contributed by atoms with Crippen molar-refractivity contribution in [2.75, 3.05) is 5.75 Å². The molecule has 2 aromatic carbocycles. The molecule has 1 N–H and O–H groups in total. The number of hydrogen-bond acceptors (Lipinski definition) is 5. The van der Waals surface area contributed by atoms with E-state index in [0.29, 0.717) is 17.6 Å². The molecule has 1 aromatic heterocycles. The SMILES string of the molecule is Cc1cccc(C)c1OCc1nnc(SCC(=O)N[C@H](C)c2ccccc2)n1C. The fraction of sp³-hybridized carbons (Fsp3) is 0.318. The Hall–Kier alpha value is -2.80. The third-order valence-corrected chi connectivity index (χ3v) is 5.71. The van der Waals surface area contributed by atoms with Crippen LogP contribution >= 0.6 is 11.8 Å². The largest absolute Gasteiger partial charge is 0.485 e. The normalized spacial score (nSPS) is 11.9. The minimum absolute atomic E-state index is 0.0369. The molecule has 0 aliphatic carbocycles. The summed E-state index contributed by atoms with van der Waals surface area (Å²) in [5, 5.41) is 12.1. The van der Waals surface area contributed by atoms with Gasteiger partial charge >= 0.3 is 0 Å². The highest BCUT2D eigenvalue weighted by molar-refractivity contribution is 7.99. The highest BCUT2D eigenvalue weighted by atomic mass is 32.2. The Balaban J connectivity index is 1.53. The van der Waals surface area contributed by atoms with Gasteiger partial charge in [-0.05, 0) is 37.5 Å². The minimum atomic E-state index is -0.0392. The fourth-order valence-corrected chi connectivity index (χ4v) is 3.74. The van der Waals surface area contributed by atoms with Crippen LogP contribution in [0.2, 0.25) is 0 Å². The first kappa shape index (κ1) is 20.9. The van der Waals surface area contributed by atoms with E-state index in [-0.39, 0.29) is 17.7 Å². The number of carbonyl (C=O) groups excluding carboxylic acids is 1. The number of ether oxygens (including phenoxy) is 1. The van der Waals surface area contributed by atoms with E-state index in [4.69, 9.17) is 4.74 Å². The van der Waals surface area contributed by atoms with E-state index in [9.17, 15) is 4.79 Å². The van der Waals surface area contributed by atoms with Gasteiger partial charge in [0.2, 0.25) is 5.91 Å². The lowest BCUT2D eigenvalue weighted by Crippen LogP contribution is -2.28. The molecule has 6 nitrogen and oxygen atoms in total. The van der Waals surface area contributed by atoms with E-state index >= 15 is 0 Å². The van der Waals surface area contributed by atoms with Gasteiger partial charge in [0.05, 0.1) is 11.8 Å². The molecule has 1 atom stereocenters. The molecule has 0 saturated carbocycles. The number of thioether (sulfide) groups is 1. The lowest BCUT2D eigenvalue weighted by atomic mass is 10.1. The van der Waals surface area contributed by atoms with Crippen LogP contribution in [0.4, 0.5) is 0 Å². The van der Waals surface area contributed by atoms with Gasteiger partial charge in [-0.3, -0.25) is 4.79 Å². The molecule has 0 unspecified atom stereocenters. The number of rotatable bonds is 8. The second-order valence-electron chi connectivity index (χ2n) is 6.96. The highest BCUT2D eigenvalue weighted by Crippen LogP contribution is 2.24. The monoisotopic (exact) mass is 410 g/mol. The maximum atomic E-state index is 12.3. The summed E-state index contributed by atoms with van der Waals surface area (Å²) in [5.41, 5.74) is 3.26. The van der Waals surface area contributed by atoms with Crippen molar-refractivity contribution in [2.45, 2.75) is 38.6 Å². The summed E-state index contributed by atoms with van der Waals surface area (Å²) >= 11 is 1.36. The predicted octanol–water partition coefficient (Wildman–Crippen LogP) is 3.98. The van der Waals surface area contributed by atoms with E-state index in [2.05, 4.69) is 15.5 Å². The third-order valence-electron chi connectivity index (χ3n) is 4.69. The van der Waals surface area contributed by atoms with Gasteiger partial charge in [0.15, 0.2) is 11.0 Å². The molecule has 0 bridgehead atoms.